The molecule has 1 fully saturated rings. The highest BCUT2D eigenvalue weighted by Crippen LogP contribution is 2.55. The average molecular weight is 634 g/mol. The van der Waals surface area contributed by atoms with Crippen molar-refractivity contribution in [2.45, 2.75) is 48.4 Å². The standard InChI is InChI=1S/C34H30Cl2N2O2S2/c1-22-5-12-27(13-6-22)42-34(31(39)16-14-26-4-3-17-41-26)19-32(40)38(20-23-7-9-24(35)10-8-23)33(34)29-21-37(2)30-18-25(36)11-15-28(29)30/h3-13,15,17-18,21,33H,14,16,19-20H2,1-2H3/t33-,34+/m0/s1. The van der Waals surface area contributed by atoms with Crippen LogP contribution in [0.1, 0.15) is 40.5 Å². The maximum atomic E-state index is 14.7. The van der Waals surface area contributed by atoms with Crippen molar-refractivity contribution < 1.29 is 9.59 Å². The van der Waals surface area contributed by atoms with Crippen LogP contribution in [-0.4, -0.2) is 25.9 Å². The van der Waals surface area contributed by atoms with Gasteiger partial charge in [0, 0.05) is 62.5 Å². The highest BCUT2D eigenvalue weighted by molar-refractivity contribution is 8.01. The van der Waals surface area contributed by atoms with Gasteiger partial charge in [-0.25, -0.2) is 0 Å². The lowest BCUT2D eigenvalue weighted by Crippen LogP contribution is -2.42. The fourth-order valence-electron chi connectivity index (χ4n) is 5.93. The molecule has 42 heavy (non-hydrogen) atoms. The quantitative estimate of drug-likeness (QED) is 0.163. The van der Waals surface area contributed by atoms with Crippen LogP contribution in [0.3, 0.4) is 0 Å². The summed E-state index contributed by atoms with van der Waals surface area (Å²) in [5.41, 5.74) is 4.02. The predicted molar refractivity (Wildman–Crippen MR) is 175 cm³/mol. The second-order valence-corrected chi connectivity index (χ2v) is 14.2. The number of amides is 1. The smallest absolute Gasteiger partial charge is 0.225 e. The molecular weight excluding hydrogens is 603 g/mol. The molecule has 0 aliphatic carbocycles. The first kappa shape index (κ1) is 29.1. The summed E-state index contributed by atoms with van der Waals surface area (Å²) in [5, 5.41) is 4.31. The summed E-state index contributed by atoms with van der Waals surface area (Å²) >= 11 is 15.8. The molecule has 3 heterocycles. The molecule has 2 atom stereocenters. The molecule has 0 saturated carbocycles. The maximum absolute atomic E-state index is 14.7. The number of fused-ring (bicyclic) bond motifs is 1. The van der Waals surface area contributed by atoms with Gasteiger partial charge < -0.3 is 9.47 Å². The number of benzene rings is 3. The number of hydrogen-bond acceptors (Lipinski definition) is 4. The molecule has 1 saturated heterocycles. The minimum Gasteiger partial charge on any atom is -0.350 e. The number of likely N-dealkylation sites (tertiary alicyclic amines) is 1. The molecule has 8 heteroatoms. The third-order valence-electron chi connectivity index (χ3n) is 8.00. The first-order chi connectivity index (χ1) is 20.2. The number of Topliss-reactive ketones (excluding diaryl/α,β-unsaturated/α-hetero) is 1. The molecule has 0 N–H and O–H groups in total. The number of ketones is 1. The van der Waals surface area contributed by atoms with Crippen LogP contribution in [0.25, 0.3) is 10.9 Å². The van der Waals surface area contributed by atoms with Crippen molar-refractivity contribution in [3.05, 3.63) is 122 Å². The molecule has 2 aromatic heterocycles. The van der Waals surface area contributed by atoms with Crippen molar-refractivity contribution in [1.29, 1.82) is 0 Å². The number of nitrogens with zero attached hydrogens (tertiary/aromatic N) is 2. The van der Waals surface area contributed by atoms with Crippen LogP contribution in [0.4, 0.5) is 0 Å². The summed E-state index contributed by atoms with van der Waals surface area (Å²) in [5.74, 6) is 0.0504. The number of rotatable bonds is 9. The Labute approximate surface area is 264 Å². The molecule has 0 radical (unpaired) electrons. The fourth-order valence-corrected chi connectivity index (χ4v) is 8.40. The molecule has 6 rings (SSSR count). The van der Waals surface area contributed by atoms with Gasteiger partial charge in [-0.2, -0.15) is 0 Å². The van der Waals surface area contributed by atoms with Crippen LogP contribution in [0.15, 0.2) is 95.3 Å². The molecule has 5 aromatic rings. The van der Waals surface area contributed by atoms with Gasteiger partial charge >= 0.3 is 0 Å². The zero-order valence-corrected chi connectivity index (χ0v) is 26.5. The first-order valence-corrected chi connectivity index (χ1v) is 16.3. The Morgan fingerprint density at radius 3 is 2.48 bits per heavy atom. The minimum absolute atomic E-state index is 0.0370. The van der Waals surface area contributed by atoms with E-state index in [0.29, 0.717) is 29.4 Å². The highest BCUT2D eigenvalue weighted by atomic mass is 35.5. The van der Waals surface area contributed by atoms with Crippen LogP contribution >= 0.6 is 46.3 Å². The summed E-state index contributed by atoms with van der Waals surface area (Å²) < 4.78 is 1.02. The Morgan fingerprint density at radius 2 is 1.76 bits per heavy atom. The van der Waals surface area contributed by atoms with Crippen molar-refractivity contribution >= 4 is 68.9 Å². The van der Waals surface area contributed by atoms with Crippen molar-refractivity contribution in [3.8, 4) is 0 Å². The van der Waals surface area contributed by atoms with E-state index in [0.717, 1.165) is 37.4 Å². The number of thiophene rings is 1. The van der Waals surface area contributed by atoms with Crippen molar-refractivity contribution in [2.75, 3.05) is 0 Å². The molecule has 1 amide bonds. The summed E-state index contributed by atoms with van der Waals surface area (Å²) in [6.07, 6.45) is 3.19. The van der Waals surface area contributed by atoms with Gasteiger partial charge in [-0.15, -0.1) is 23.1 Å². The van der Waals surface area contributed by atoms with Gasteiger partial charge in [0.05, 0.1) is 12.5 Å². The number of hydrogen-bond donors (Lipinski definition) is 0. The maximum Gasteiger partial charge on any atom is 0.225 e. The SMILES string of the molecule is Cc1ccc(S[C@@]2(C(=O)CCc3cccs3)CC(=O)N(Cc3ccc(Cl)cc3)[C@H]2c2cn(C)c3cc(Cl)ccc23)cc1. The van der Waals surface area contributed by atoms with E-state index >= 15 is 0 Å². The average Bonchev–Trinajstić information content (AvgIpc) is 3.67. The van der Waals surface area contributed by atoms with E-state index in [1.54, 1.807) is 11.3 Å². The van der Waals surface area contributed by atoms with E-state index in [1.165, 1.54) is 11.8 Å². The molecule has 0 unspecified atom stereocenters. The van der Waals surface area contributed by atoms with Crippen molar-refractivity contribution in [2.24, 2.45) is 7.05 Å². The Balaban J connectivity index is 1.52. The van der Waals surface area contributed by atoms with E-state index < -0.39 is 10.8 Å². The molecule has 0 bridgehead atoms. The van der Waals surface area contributed by atoms with E-state index in [4.69, 9.17) is 23.2 Å². The van der Waals surface area contributed by atoms with Crippen LogP contribution < -0.4 is 0 Å². The van der Waals surface area contributed by atoms with Gasteiger partial charge in [0.15, 0.2) is 5.78 Å². The fraction of sp³-hybridized carbons (Fsp3) is 0.235. The molecule has 4 nitrogen and oxygen atoms in total. The van der Waals surface area contributed by atoms with E-state index in [9.17, 15) is 9.59 Å². The van der Waals surface area contributed by atoms with Crippen LogP contribution in [0, 0.1) is 6.92 Å². The summed E-state index contributed by atoms with van der Waals surface area (Å²) in [6, 6.07) is 25.2. The molecular formula is C34H30Cl2N2O2S2. The zero-order valence-electron chi connectivity index (χ0n) is 23.3. The lowest BCUT2D eigenvalue weighted by Gasteiger charge is -2.36. The second-order valence-electron chi connectivity index (χ2n) is 10.9. The number of thioether (sulfide) groups is 1. The van der Waals surface area contributed by atoms with Crippen molar-refractivity contribution in [1.82, 2.24) is 9.47 Å². The van der Waals surface area contributed by atoms with Crippen LogP contribution in [0.2, 0.25) is 10.0 Å². The van der Waals surface area contributed by atoms with Gasteiger partial charge in [-0.1, -0.05) is 65.2 Å². The number of aromatic nitrogens is 1. The van der Waals surface area contributed by atoms with Crippen LogP contribution in [-0.2, 0) is 29.6 Å². The molecule has 3 aromatic carbocycles. The highest BCUT2D eigenvalue weighted by Gasteiger charge is 2.57. The molecule has 1 aliphatic heterocycles. The Kier molecular flexibility index (Phi) is 8.25. The number of carbonyl (C=O) groups is 2. The Morgan fingerprint density at radius 1 is 1.02 bits per heavy atom. The molecule has 1 aliphatic rings. The van der Waals surface area contributed by atoms with Gasteiger partial charge in [0.25, 0.3) is 0 Å². The third kappa shape index (κ3) is 5.66. The van der Waals surface area contributed by atoms with E-state index in [2.05, 4.69) is 36.5 Å². The normalized spacial score (nSPS) is 18.7. The Bertz CT molecular complexity index is 1750. The Hall–Kier alpha value is -3.03. The third-order valence-corrected chi connectivity index (χ3v) is 10.9. The molecule has 214 valence electrons. The van der Waals surface area contributed by atoms with Gasteiger partial charge in [-0.3, -0.25) is 9.59 Å². The van der Waals surface area contributed by atoms with Gasteiger partial charge in [-0.05, 0) is 66.8 Å². The summed E-state index contributed by atoms with van der Waals surface area (Å²) in [7, 11) is 1.98. The monoisotopic (exact) mass is 632 g/mol. The molecule has 0 spiro atoms. The largest absolute Gasteiger partial charge is 0.350 e. The van der Waals surface area contributed by atoms with Gasteiger partial charge in [0.2, 0.25) is 5.91 Å². The predicted octanol–water partition coefficient (Wildman–Crippen LogP) is 9.06. The number of aryl methyl sites for hydroxylation is 3. The van der Waals surface area contributed by atoms with Crippen molar-refractivity contribution in [3.63, 3.8) is 0 Å². The lowest BCUT2D eigenvalue weighted by molar-refractivity contribution is -0.129. The summed E-state index contributed by atoms with van der Waals surface area (Å²) in [4.78, 5) is 32.8. The lowest BCUT2D eigenvalue weighted by atomic mass is 9.86. The topological polar surface area (TPSA) is 42.3 Å². The summed E-state index contributed by atoms with van der Waals surface area (Å²) in [6.45, 7) is 2.42. The van der Waals surface area contributed by atoms with E-state index in [-0.39, 0.29) is 18.1 Å². The van der Waals surface area contributed by atoms with Gasteiger partial charge in [0.1, 0.15) is 4.75 Å². The first-order valence-electron chi connectivity index (χ1n) is 13.8. The second kappa shape index (κ2) is 11.9. The zero-order chi connectivity index (χ0) is 29.4. The number of carbonyl (C=O) groups excluding carboxylic acids is 2. The minimum atomic E-state index is -1.02. The van der Waals surface area contributed by atoms with E-state index in [1.807, 2.05) is 77.3 Å². The van der Waals surface area contributed by atoms with Crippen LogP contribution in [0.5, 0.6) is 0 Å². The number of halogens is 2.